The van der Waals surface area contributed by atoms with Crippen molar-refractivity contribution in [2.24, 2.45) is 5.92 Å². The van der Waals surface area contributed by atoms with Gasteiger partial charge in [0.25, 0.3) is 11.8 Å². The van der Waals surface area contributed by atoms with Crippen molar-refractivity contribution in [2.45, 2.75) is 25.3 Å². The molecule has 1 saturated carbocycles. The second-order valence-corrected chi connectivity index (χ2v) is 7.87. The fourth-order valence-corrected chi connectivity index (χ4v) is 3.75. The van der Waals surface area contributed by atoms with E-state index in [1.165, 1.54) is 4.90 Å². The van der Waals surface area contributed by atoms with Crippen molar-refractivity contribution < 1.29 is 28.6 Å². The molecule has 2 aromatic rings. The highest BCUT2D eigenvalue weighted by Crippen LogP contribution is 2.41. The number of para-hydroxylation sites is 2. The molecular weight excluding hydrogens is 412 g/mol. The van der Waals surface area contributed by atoms with Crippen LogP contribution in [0.3, 0.4) is 0 Å². The third-order valence-electron chi connectivity index (χ3n) is 5.60. The molecular formula is C24H26N2O6. The van der Waals surface area contributed by atoms with Crippen LogP contribution in [0.5, 0.6) is 11.5 Å². The minimum atomic E-state index is -0.538. The highest BCUT2D eigenvalue weighted by molar-refractivity contribution is 5.98. The lowest BCUT2D eigenvalue weighted by atomic mass is 10.0. The molecule has 1 unspecified atom stereocenters. The highest BCUT2D eigenvalue weighted by Gasteiger charge is 2.33. The molecule has 8 heteroatoms. The van der Waals surface area contributed by atoms with Crippen molar-refractivity contribution in [1.29, 1.82) is 0 Å². The van der Waals surface area contributed by atoms with E-state index in [1.807, 2.05) is 30.3 Å². The van der Waals surface area contributed by atoms with Crippen LogP contribution in [-0.2, 0) is 19.1 Å². The van der Waals surface area contributed by atoms with Gasteiger partial charge >= 0.3 is 5.97 Å². The Morgan fingerprint density at radius 3 is 2.62 bits per heavy atom. The van der Waals surface area contributed by atoms with Crippen molar-refractivity contribution in [1.82, 2.24) is 5.32 Å². The van der Waals surface area contributed by atoms with E-state index in [4.69, 9.17) is 14.2 Å². The van der Waals surface area contributed by atoms with Crippen LogP contribution in [0, 0.1) is 5.92 Å². The summed E-state index contributed by atoms with van der Waals surface area (Å²) < 4.78 is 15.7. The summed E-state index contributed by atoms with van der Waals surface area (Å²) in [5.41, 5.74) is 1.62. The molecule has 1 atom stereocenters. The van der Waals surface area contributed by atoms with Gasteiger partial charge < -0.3 is 24.4 Å². The molecule has 168 valence electrons. The lowest BCUT2D eigenvalue weighted by Crippen LogP contribution is -2.40. The fourth-order valence-electron chi connectivity index (χ4n) is 3.75. The Labute approximate surface area is 186 Å². The monoisotopic (exact) mass is 438 g/mol. The normalized spacial score (nSPS) is 15.9. The van der Waals surface area contributed by atoms with Crippen molar-refractivity contribution in [2.75, 3.05) is 31.8 Å². The number of carbonyl (C=O) groups is 3. The van der Waals surface area contributed by atoms with Crippen molar-refractivity contribution in [3.63, 3.8) is 0 Å². The van der Waals surface area contributed by atoms with E-state index < -0.39 is 5.97 Å². The molecule has 1 aliphatic carbocycles. The molecule has 32 heavy (non-hydrogen) atoms. The molecule has 1 heterocycles. The Hall–Kier alpha value is -3.55. The van der Waals surface area contributed by atoms with Crippen LogP contribution in [0.15, 0.2) is 48.5 Å². The number of esters is 1. The van der Waals surface area contributed by atoms with Gasteiger partial charge in [0.1, 0.15) is 11.5 Å². The second kappa shape index (κ2) is 9.72. The average molecular weight is 438 g/mol. The summed E-state index contributed by atoms with van der Waals surface area (Å²) in [6, 6.07) is 14.6. The molecule has 0 spiro atoms. The van der Waals surface area contributed by atoms with Gasteiger partial charge in [0.2, 0.25) is 0 Å². The van der Waals surface area contributed by atoms with Crippen LogP contribution < -0.4 is 19.7 Å². The third-order valence-corrected chi connectivity index (χ3v) is 5.60. The van der Waals surface area contributed by atoms with Crippen LogP contribution in [0.2, 0.25) is 0 Å². The number of rotatable bonds is 9. The summed E-state index contributed by atoms with van der Waals surface area (Å²) in [6.45, 7) is -0.259. The van der Waals surface area contributed by atoms with Gasteiger partial charge in [-0.25, -0.2) is 0 Å². The predicted molar refractivity (Wildman–Crippen MR) is 116 cm³/mol. The Bertz CT molecular complexity index is 986. The van der Waals surface area contributed by atoms with Gasteiger partial charge in [0.05, 0.1) is 25.3 Å². The fraction of sp³-hybridized carbons (Fsp3) is 0.375. The molecule has 0 saturated heterocycles. The molecule has 2 aromatic carbocycles. The second-order valence-electron chi connectivity index (χ2n) is 7.87. The molecule has 8 nitrogen and oxygen atoms in total. The Balaban J connectivity index is 1.26. The first-order valence-corrected chi connectivity index (χ1v) is 10.7. The van der Waals surface area contributed by atoms with Gasteiger partial charge in [-0.1, -0.05) is 24.3 Å². The smallest absolute Gasteiger partial charge is 0.308 e. The number of amides is 2. The Morgan fingerprint density at radius 1 is 1.16 bits per heavy atom. The number of ether oxygens (including phenoxy) is 3. The Morgan fingerprint density at radius 2 is 1.91 bits per heavy atom. The summed E-state index contributed by atoms with van der Waals surface area (Å²) in [7, 11) is 1.61. The molecule has 4 rings (SSSR count). The number of methoxy groups -OCH3 is 1. The van der Waals surface area contributed by atoms with Gasteiger partial charge in [0.15, 0.2) is 13.2 Å². The molecule has 0 bridgehead atoms. The highest BCUT2D eigenvalue weighted by atomic mass is 16.5. The van der Waals surface area contributed by atoms with E-state index in [9.17, 15) is 14.4 Å². The van der Waals surface area contributed by atoms with E-state index >= 15 is 0 Å². The minimum Gasteiger partial charge on any atom is -0.497 e. The summed E-state index contributed by atoms with van der Waals surface area (Å²) in [5, 5.41) is 2.98. The number of anilines is 1. The SMILES string of the molecule is COc1ccc(C(NC(=O)COC(=O)CCN2C(=O)COc3ccccc32)C2CC2)cc1. The van der Waals surface area contributed by atoms with Crippen LogP contribution in [0.25, 0.3) is 0 Å². The molecule has 1 fully saturated rings. The van der Waals surface area contributed by atoms with Crippen molar-refractivity contribution in [3.8, 4) is 11.5 Å². The summed E-state index contributed by atoms with van der Waals surface area (Å²) in [5.74, 6) is 0.633. The van der Waals surface area contributed by atoms with Gasteiger partial charge in [-0.05, 0) is 48.6 Å². The molecule has 2 aliphatic rings. The van der Waals surface area contributed by atoms with Crippen molar-refractivity contribution in [3.05, 3.63) is 54.1 Å². The average Bonchev–Trinajstić information content (AvgIpc) is 3.66. The van der Waals surface area contributed by atoms with Gasteiger partial charge in [-0.3, -0.25) is 14.4 Å². The molecule has 0 aromatic heterocycles. The third kappa shape index (κ3) is 5.19. The maximum absolute atomic E-state index is 12.4. The zero-order valence-corrected chi connectivity index (χ0v) is 17.9. The quantitative estimate of drug-likeness (QED) is 0.605. The summed E-state index contributed by atoms with van der Waals surface area (Å²) >= 11 is 0. The van der Waals surface area contributed by atoms with E-state index in [0.717, 1.165) is 24.2 Å². The number of nitrogens with zero attached hydrogens (tertiary/aromatic N) is 1. The van der Waals surface area contributed by atoms with Crippen LogP contribution >= 0.6 is 0 Å². The lowest BCUT2D eigenvalue weighted by Gasteiger charge is -2.28. The zero-order chi connectivity index (χ0) is 22.5. The van der Waals surface area contributed by atoms with Gasteiger partial charge in [-0.15, -0.1) is 0 Å². The first-order chi connectivity index (χ1) is 15.5. The van der Waals surface area contributed by atoms with Crippen LogP contribution in [0.4, 0.5) is 5.69 Å². The van der Waals surface area contributed by atoms with Crippen LogP contribution in [-0.4, -0.2) is 44.7 Å². The molecule has 1 N–H and O–H groups in total. The number of nitrogens with one attached hydrogen (secondary N) is 1. The van der Waals surface area contributed by atoms with Gasteiger partial charge in [-0.2, -0.15) is 0 Å². The predicted octanol–water partition coefficient (Wildman–Crippen LogP) is 2.62. The number of hydrogen-bond acceptors (Lipinski definition) is 6. The number of hydrogen-bond donors (Lipinski definition) is 1. The first-order valence-electron chi connectivity index (χ1n) is 10.7. The molecule has 0 radical (unpaired) electrons. The molecule has 1 aliphatic heterocycles. The molecule has 2 amide bonds. The topological polar surface area (TPSA) is 94.2 Å². The van der Waals surface area contributed by atoms with Crippen molar-refractivity contribution >= 4 is 23.5 Å². The minimum absolute atomic E-state index is 0.0160. The maximum Gasteiger partial charge on any atom is 0.308 e. The number of carbonyl (C=O) groups excluding carboxylic acids is 3. The van der Waals surface area contributed by atoms with Crippen LogP contribution in [0.1, 0.15) is 30.9 Å². The van der Waals surface area contributed by atoms with E-state index in [-0.39, 0.29) is 44.0 Å². The summed E-state index contributed by atoms with van der Waals surface area (Å²) in [6.07, 6.45) is 2.08. The van der Waals surface area contributed by atoms with E-state index in [0.29, 0.717) is 17.4 Å². The Kier molecular flexibility index (Phi) is 6.58. The number of benzene rings is 2. The zero-order valence-electron chi connectivity index (χ0n) is 17.9. The number of fused-ring (bicyclic) bond motifs is 1. The summed E-state index contributed by atoms with van der Waals surface area (Å²) in [4.78, 5) is 38.3. The largest absolute Gasteiger partial charge is 0.497 e. The maximum atomic E-state index is 12.4. The van der Waals surface area contributed by atoms with Gasteiger partial charge in [0, 0.05) is 6.54 Å². The lowest BCUT2D eigenvalue weighted by molar-refractivity contribution is -0.148. The van der Waals surface area contributed by atoms with E-state index in [2.05, 4.69) is 5.32 Å². The van der Waals surface area contributed by atoms with E-state index in [1.54, 1.807) is 25.3 Å². The first kappa shape index (κ1) is 21.7. The standard InChI is InChI=1S/C24H26N2O6/c1-30-18-10-8-17(9-11-18)24(16-6-7-16)25-21(27)14-32-23(29)12-13-26-19-4-2-3-5-20(19)31-15-22(26)28/h2-5,8-11,16,24H,6-7,12-15H2,1H3,(H,25,27).